The van der Waals surface area contributed by atoms with Crippen LogP contribution in [0.2, 0.25) is 0 Å². The Morgan fingerprint density at radius 3 is 2.61 bits per heavy atom. The summed E-state index contributed by atoms with van der Waals surface area (Å²) < 4.78 is 5.92. The molecule has 0 radical (unpaired) electrons. The van der Waals surface area contributed by atoms with E-state index >= 15 is 0 Å². The van der Waals surface area contributed by atoms with Gasteiger partial charge in [0.1, 0.15) is 0 Å². The number of piperidine rings is 2. The van der Waals surface area contributed by atoms with Crippen molar-refractivity contribution in [3.63, 3.8) is 0 Å². The van der Waals surface area contributed by atoms with Crippen molar-refractivity contribution in [1.82, 2.24) is 10.2 Å². The lowest BCUT2D eigenvalue weighted by molar-refractivity contribution is -0.821. The third-order valence-corrected chi connectivity index (χ3v) is 9.85. The summed E-state index contributed by atoms with van der Waals surface area (Å²) in [5.74, 6) is 0.126. The molecular weight excluding hydrogens is 498 g/mol. The molecule has 0 bridgehead atoms. The van der Waals surface area contributed by atoms with E-state index in [1.165, 1.54) is 6.92 Å². The van der Waals surface area contributed by atoms with Gasteiger partial charge in [0.25, 0.3) is 0 Å². The zero-order chi connectivity index (χ0) is 26.9. The van der Waals surface area contributed by atoms with E-state index in [-0.39, 0.29) is 22.8 Å². The van der Waals surface area contributed by atoms with Gasteiger partial charge in [-0.2, -0.15) is 0 Å². The Hall–Kier alpha value is -2.10. The minimum absolute atomic E-state index is 0.0508. The molecule has 2 aromatic rings. The second kappa shape index (κ2) is 11.2. The lowest BCUT2D eigenvalue weighted by Crippen LogP contribution is -3.15. The van der Waals surface area contributed by atoms with Gasteiger partial charge in [-0.15, -0.1) is 11.3 Å². The van der Waals surface area contributed by atoms with Gasteiger partial charge >= 0.3 is 5.91 Å². The van der Waals surface area contributed by atoms with E-state index in [2.05, 4.69) is 42.3 Å². The second-order valence-corrected chi connectivity index (χ2v) is 13.2. The van der Waals surface area contributed by atoms with Crippen LogP contribution in [-0.4, -0.2) is 72.5 Å². The van der Waals surface area contributed by atoms with E-state index in [0.29, 0.717) is 19.0 Å². The number of carbonyl (C=O) groups is 2. The fourth-order valence-corrected chi connectivity index (χ4v) is 8.06. The number of likely N-dealkylation sites (tertiary alicyclic amines) is 2. The number of aliphatic hydroxyl groups excluding tert-OH is 1. The van der Waals surface area contributed by atoms with Crippen molar-refractivity contribution in [2.45, 2.75) is 77.2 Å². The number of nitrogens with zero attached hydrogens (tertiary/aromatic N) is 1. The number of aliphatic hydroxyl groups is 1. The summed E-state index contributed by atoms with van der Waals surface area (Å²) in [5.41, 5.74) is 1.47. The third-order valence-electron chi connectivity index (χ3n) is 8.60. The number of ether oxygens (including phenoxy) is 1. The molecule has 2 amide bonds. The van der Waals surface area contributed by atoms with Gasteiger partial charge in [-0.3, -0.25) is 14.6 Å². The summed E-state index contributed by atoms with van der Waals surface area (Å²) in [5, 5.41) is 13.7. The molecule has 3 saturated heterocycles. The molecular formula is C30H42N3O4S+. The number of amides is 2. The van der Waals surface area contributed by atoms with Crippen LogP contribution in [0.3, 0.4) is 0 Å². The van der Waals surface area contributed by atoms with Crippen molar-refractivity contribution >= 4 is 23.2 Å². The second-order valence-electron chi connectivity index (χ2n) is 12.1. The van der Waals surface area contributed by atoms with Crippen molar-refractivity contribution in [3.8, 4) is 10.4 Å². The van der Waals surface area contributed by atoms with Gasteiger partial charge in [0.15, 0.2) is 6.29 Å². The minimum Gasteiger partial charge on any atom is -0.367 e. The lowest BCUT2D eigenvalue weighted by atomic mass is 9.74. The first kappa shape index (κ1) is 27.5. The topological polar surface area (TPSA) is 83.3 Å². The Bertz CT molecular complexity index is 1140. The van der Waals surface area contributed by atoms with E-state index in [1.54, 1.807) is 11.3 Å². The van der Waals surface area contributed by atoms with E-state index in [4.69, 9.17) is 4.74 Å². The van der Waals surface area contributed by atoms with E-state index in [9.17, 15) is 14.7 Å². The van der Waals surface area contributed by atoms with Gasteiger partial charge in [-0.1, -0.05) is 30.3 Å². The molecule has 0 saturated carbocycles. The molecule has 5 rings (SSSR count). The van der Waals surface area contributed by atoms with Gasteiger partial charge in [0, 0.05) is 60.5 Å². The maximum Gasteiger partial charge on any atom is 0.345 e. The standard InChI is InChI=1S/C30H41N3O4S/c1-21(34)31-14-10-25-24(18-26(38-25)22-8-5-4-6-9-22)27(35)32-16-11-23(12-17-32)33-15-7-13-30(20-33)19-29(2,3)37-28(30)36/h4-6,8-9,18,23,28,36H,7,10-17,19-20H2,1-3H3,(H,31,34)/p+1. The molecule has 1 spiro atoms. The van der Waals surface area contributed by atoms with Crippen LogP contribution >= 0.6 is 11.3 Å². The largest absolute Gasteiger partial charge is 0.367 e. The number of thiophene rings is 1. The van der Waals surface area contributed by atoms with Crippen LogP contribution in [0.4, 0.5) is 0 Å². The first-order valence-electron chi connectivity index (χ1n) is 14.1. The van der Waals surface area contributed by atoms with Crippen LogP contribution in [-0.2, 0) is 16.0 Å². The SMILES string of the molecule is CC(=O)NCCc1sc(-c2ccccc2)cc1C(=O)[NH+]1CCC(N2CCCC3(C2)CC(C)(C)OC3O)CC1. The molecule has 8 heteroatoms. The monoisotopic (exact) mass is 540 g/mol. The predicted molar refractivity (Wildman–Crippen MR) is 149 cm³/mol. The minimum atomic E-state index is -0.694. The Morgan fingerprint density at radius 2 is 1.95 bits per heavy atom. The van der Waals surface area contributed by atoms with E-state index < -0.39 is 6.29 Å². The number of quaternary nitrogens is 1. The third kappa shape index (κ3) is 5.89. The Balaban J connectivity index is 1.25. The molecule has 38 heavy (non-hydrogen) atoms. The van der Waals surface area contributed by atoms with Gasteiger partial charge < -0.3 is 15.2 Å². The number of carbonyl (C=O) groups excluding carboxylic acids is 2. The summed E-state index contributed by atoms with van der Waals surface area (Å²) >= 11 is 1.66. The molecule has 3 aliphatic heterocycles. The summed E-state index contributed by atoms with van der Waals surface area (Å²) in [7, 11) is 0. The van der Waals surface area contributed by atoms with Crippen LogP contribution in [0.5, 0.6) is 0 Å². The molecule has 3 N–H and O–H groups in total. The van der Waals surface area contributed by atoms with Crippen LogP contribution in [0.25, 0.3) is 10.4 Å². The highest BCUT2D eigenvalue weighted by atomic mass is 32.1. The summed E-state index contributed by atoms with van der Waals surface area (Å²) in [6, 6.07) is 12.7. The molecule has 2 unspecified atom stereocenters. The normalized spacial score (nSPS) is 29.4. The first-order chi connectivity index (χ1) is 18.2. The van der Waals surface area contributed by atoms with Crippen molar-refractivity contribution in [2.24, 2.45) is 5.41 Å². The maximum absolute atomic E-state index is 13.8. The number of nitrogens with one attached hydrogen (secondary N) is 2. The molecule has 3 fully saturated rings. The van der Waals surface area contributed by atoms with Crippen LogP contribution < -0.4 is 10.2 Å². The molecule has 1 aromatic carbocycles. The molecule has 7 nitrogen and oxygen atoms in total. The molecule has 3 aliphatic rings. The fourth-order valence-electron chi connectivity index (χ4n) is 6.90. The predicted octanol–water partition coefficient (Wildman–Crippen LogP) is 2.88. The van der Waals surface area contributed by atoms with Gasteiger partial charge in [-0.25, -0.2) is 4.79 Å². The summed E-state index contributed by atoms with van der Waals surface area (Å²) in [4.78, 5) is 30.9. The maximum atomic E-state index is 13.8. The van der Waals surface area contributed by atoms with Gasteiger partial charge in [0.2, 0.25) is 5.91 Å². The number of hydrogen-bond acceptors (Lipinski definition) is 6. The number of benzene rings is 1. The van der Waals surface area contributed by atoms with Crippen molar-refractivity contribution < 1.29 is 24.3 Å². The van der Waals surface area contributed by atoms with E-state index in [0.717, 1.165) is 84.1 Å². The molecule has 206 valence electrons. The number of hydrogen-bond donors (Lipinski definition) is 3. The molecule has 1 aromatic heterocycles. The van der Waals surface area contributed by atoms with Gasteiger partial charge in [-0.05, 0) is 51.3 Å². The smallest absolute Gasteiger partial charge is 0.345 e. The van der Waals surface area contributed by atoms with Crippen molar-refractivity contribution in [3.05, 3.63) is 46.8 Å². The van der Waals surface area contributed by atoms with Crippen LogP contribution in [0.1, 0.15) is 68.1 Å². The average Bonchev–Trinajstić information content (AvgIpc) is 3.41. The molecule has 2 atom stereocenters. The highest BCUT2D eigenvalue weighted by Crippen LogP contribution is 2.49. The average molecular weight is 541 g/mol. The molecule has 0 aliphatic carbocycles. The summed E-state index contributed by atoms with van der Waals surface area (Å²) in [6.07, 6.45) is 4.91. The van der Waals surface area contributed by atoms with Crippen molar-refractivity contribution in [1.29, 1.82) is 0 Å². The van der Waals surface area contributed by atoms with E-state index in [1.807, 2.05) is 18.2 Å². The Labute approximate surface area is 230 Å². The fraction of sp³-hybridized carbons (Fsp3) is 0.600. The lowest BCUT2D eigenvalue weighted by Gasteiger charge is -2.46. The highest BCUT2D eigenvalue weighted by molar-refractivity contribution is 7.15. The van der Waals surface area contributed by atoms with Gasteiger partial charge in [0.05, 0.1) is 24.3 Å². The quantitative estimate of drug-likeness (QED) is 0.525. The van der Waals surface area contributed by atoms with Crippen LogP contribution in [0, 0.1) is 5.41 Å². The molecule has 4 heterocycles. The number of rotatable bonds is 6. The highest BCUT2D eigenvalue weighted by Gasteiger charge is 2.53. The Kier molecular flexibility index (Phi) is 8.08. The zero-order valence-corrected chi connectivity index (χ0v) is 23.7. The first-order valence-corrected chi connectivity index (χ1v) is 14.9. The zero-order valence-electron chi connectivity index (χ0n) is 22.9. The van der Waals surface area contributed by atoms with Crippen molar-refractivity contribution in [2.75, 3.05) is 32.7 Å². The Morgan fingerprint density at radius 1 is 1.21 bits per heavy atom. The van der Waals surface area contributed by atoms with Crippen LogP contribution in [0.15, 0.2) is 36.4 Å². The summed E-state index contributed by atoms with van der Waals surface area (Å²) in [6.45, 7) is 9.79.